The number of carboxylic acid groups (broad SMARTS) is 2. The summed E-state index contributed by atoms with van der Waals surface area (Å²) in [5, 5.41) is 54.9. The summed E-state index contributed by atoms with van der Waals surface area (Å²) in [6.45, 7) is 11.3. The van der Waals surface area contributed by atoms with Crippen molar-refractivity contribution >= 4 is 30.0 Å². The smallest absolute Gasteiger partial charge is 0.335 e. The number of allylic oxidation sites excluding steroid dienone is 1. The topological polar surface area (TPSA) is 250 Å². The first-order chi connectivity index (χ1) is 23.7. The number of aldehydes is 1. The number of aliphatic carboxylic acids is 2. The Balaban J connectivity index is 0.000000783. The maximum Gasteiger partial charge on any atom is 0.335 e. The number of aliphatic hydroxyl groups excluding tert-OH is 4. The quantitative estimate of drug-likeness (QED) is 0.108. The van der Waals surface area contributed by atoms with Gasteiger partial charge in [-0.05, 0) is 65.3 Å². The lowest BCUT2D eigenvalue weighted by molar-refractivity contribution is -0.283. The third kappa shape index (κ3) is 12.1. The number of nitrogens with zero attached hydrogens (tertiary/aromatic N) is 1. The summed E-state index contributed by atoms with van der Waals surface area (Å²) in [5.41, 5.74) is -0.637. The molecule has 0 radical (unpaired) electrons. The van der Waals surface area contributed by atoms with Crippen LogP contribution in [0.3, 0.4) is 0 Å². The van der Waals surface area contributed by atoms with Crippen molar-refractivity contribution in [1.82, 2.24) is 4.90 Å². The fraction of sp³-hybridized carbons (Fsp3) is 0.800. The summed E-state index contributed by atoms with van der Waals surface area (Å²) in [6, 6.07) is -0.219. The van der Waals surface area contributed by atoms with Crippen LogP contribution < -0.4 is 0 Å². The van der Waals surface area contributed by atoms with Crippen LogP contribution in [0.2, 0.25) is 0 Å². The summed E-state index contributed by atoms with van der Waals surface area (Å²) in [4.78, 5) is 59.5. The summed E-state index contributed by atoms with van der Waals surface area (Å²) in [7, 11) is 3.76. The van der Waals surface area contributed by atoms with E-state index in [-0.39, 0.29) is 42.8 Å². The molecule has 16 heteroatoms. The van der Waals surface area contributed by atoms with Crippen molar-refractivity contribution in [2.75, 3.05) is 14.1 Å². The number of ketones is 1. The highest BCUT2D eigenvalue weighted by Crippen LogP contribution is 2.45. The molecular formula is C35H57NO15. The van der Waals surface area contributed by atoms with Gasteiger partial charge in [-0.15, -0.1) is 0 Å². The predicted octanol–water partition coefficient (Wildman–Crippen LogP) is 0.548. The van der Waals surface area contributed by atoms with Crippen LogP contribution in [0.15, 0.2) is 12.2 Å². The normalized spacial score (nSPS) is 39.7. The zero-order valence-corrected chi connectivity index (χ0v) is 30.7. The molecule has 3 heterocycles. The van der Waals surface area contributed by atoms with Crippen molar-refractivity contribution in [2.45, 2.75) is 140 Å². The van der Waals surface area contributed by atoms with Crippen molar-refractivity contribution in [3.63, 3.8) is 0 Å². The van der Waals surface area contributed by atoms with E-state index in [0.717, 1.165) is 6.29 Å². The second-order valence-corrected chi connectivity index (χ2v) is 14.4. The number of likely N-dealkylation sites (N-methyl/N-ethyl adjacent to an activating group) is 1. The summed E-state index contributed by atoms with van der Waals surface area (Å²) >= 11 is 0. The molecular weight excluding hydrogens is 674 g/mol. The Morgan fingerprint density at radius 1 is 1.04 bits per heavy atom. The van der Waals surface area contributed by atoms with Crippen LogP contribution in [-0.4, -0.2) is 146 Å². The van der Waals surface area contributed by atoms with E-state index in [1.165, 1.54) is 0 Å². The van der Waals surface area contributed by atoms with Gasteiger partial charge in [0, 0.05) is 30.2 Å². The Morgan fingerprint density at radius 3 is 2.14 bits per heavy atom. The summed E-state index contributed by atoms with van der Waals surface area (Å²) < 4.78 is 24.2. The van der Waals surface area contributed by atoms with E-state index < -0.39 is 84.2 Å². The van der Waals surface area contributed by atoms with E-state index in [4.69, 9.17) is 39.4 Å². The molecule has 16 nitrogen and oxygen atoms in total. The van der Waals surface area contributed by atoms with Gasteiger partial charge in [-0.25, -0.2) is 9.59 Å². The Morgan fingerprint density at radius 2 is 1.63 bits per heavy atom. The molecule has 0 aromatic rings. The summed E-state index contributed by atoms with van der Waals surface area (Å²) in [5.74, 6) is -5.85. The minimum Gasteiger partial charge on any atom is -0.479 e. The van der Waals surface area contributed by atoms with Crippen LogP contribution in [0.25, 0.3) is 0 Å². The number of carboxylic acids is 2. The number of rotatable bonds is 9. The Hall–Kier alpha value is -2.83. The van der Waals surface area contributed by atoms with Crippen LogP contribution in [0.5, 0.6) is 0 Å². The van der Waals surface area contributed by atoms with Gasteiger partial charge < -0.3 is 59.3 Å². The standard InChI is InChI=1S/C31H51NO9.C4H6O6/c1-9-25-20(5)29-31(6,41-29)12-10-23(34)17(2)14-21(11-13-33)28(19(4)24(35)16-26(36)39-25)40-30-27(37)22(32(7)8)15-18(3)38-30;5-1(3(7)8)2(6)4(9)10/h10,12-13,17-22,24-25,27-30,35,37H,9,11,14-16H2,1-8H3;1-2,5-6H,(H,7,8)(H,9,10)/b12-10+;/t17-,18-,19+,20?,21+,22+,24-,25?,27-,28-,29?,30+,31+;/m1./s1. The van der Waals surface area contributed by atoms with E-state index in [0.29, 0.717) is 19.3 Å². The van der Waals surface area contributed by atoms with Gasteiger partial charge in [0.1, 0.15) is 24.1 Å². The number of ether oxygens (including phenoxy) is 4. The molecule has 0 spiro atoms. The van der Waals surface area contributed by atoms with Gasteiger partial charge in [-0.3, -0.25) is 9.59 Å². The van der Waals surface area contributed by atoms with Gasteiger partial charge in [-0.2, -0.15) is 0 Å². The molecule has 0 aliphatic carbocycles. The van der Waals surface area contributed by atoms with Crippen molar-refractivity contribution in [2.24, 2.45) is 23.7 Å². The fourth-order valence-electron chi connectivity index (χ4n) is 6.77. The molecule has 6 N–H and O–H groups in total. The minimum absolute atomic E-state index is 0.0707. The summed E-state index contributed by atoms with van der Waals surface area (Å²) in [6.07, 6.45) is -3.91. The number of carbonyl (C=O) groups is 5. The number of esters is 1. The van der Waals surface area contributed by atoms with Crippen LogP contribution in [0.1, 0.15) is 73.6 Å². The van der Waals surface area contributed by atoms with Gasteiger partial charge in [0.15, 0.2) is 24.3 Å². The SMILES string of the molecule is CCC1OC(=O)C[C@@H](O)[C@H](C)[C@@H](O[C@@H]2O[C@H](C)C[C@H](N(C)C)[C@H]2O)[C@@H](CC=O)C[C@@H](C)C(=O)/C=C/[C@]2(C)OC2C1C.O=C(O)C(O)C(O)C(=O)O. The average molecular weight is 732 g/mol. The molecule has 0 saturated carbocycles. The molecule has 0 amide bonds. The van der Waals surface area contributed by atoms with Gasteiger partial charge in [0.2, 0.25) is 0 Å². The largest absolute Gasteiger partial charge is 0.479 e. The monoisotopic (exact) mass is 731 g/mol. The van der Waals surface area contributed by atoms with Crippen molar-refractivity contribution < 1.29 is 73.6 Å². The maximum atomic E-state index is 13.2. The number of epoxide rings is 1. The molecule has 0 aromatic carbocycles. The molecule has 0 bridgehead atoms. The van der Waals surface area contributed by atoms with Crippen LogP contribution >= 0.6 is 0 Å². The van der Waals surface area contributed by atoms with Gasteiger partial charge in [0.25, 0.3) is 0 Å². The average Bonchev–Trinajstić information content (AvgIpc) is 3.75. The Bertz CT molecular complexity index is 1210. The molecule has 0 aromatic heterocycles. The van der Waals surface area contributed by atoms with E-state index >= 15 is 0 Å². The van der Waals surface area contributed by atoms with E-state index in [1.54, 1.807) is 19.1 Å². The second kappa shape index (κ2) is 19.3. The number of carbonyl (C=O) groups excluding carboxylic acids is 3. The van der Waals surface area contributed by atoms with Gasteiger partial charge >= 0.3 is 17.9 Å². The molecule has 3 aliphatic rings. The van der Waals surface area contributed by atoms with Crippen LogP contribution in [0.4, 0.5) is 0 Å². The first kappa shape index (κ1) is 44.3. The third-order valence-electron chi connectivity index (χ3n) is 10.1. The first-order valence-corrected chi connectivity index (χ1v) is 17.4. The number of fused-ring (bicyclic) bond motifs is 1. The molecule has 3 rings (SSSR count). The highest BCUT2D eigenvalue weighted by Gasteiger charge is 2.55. The molecule has 5 unspecified atom stereocenters. The maximum absolute atomic E-state index is 13.2. The Labute approximate surface area is 298 Å². The zero-order valence-electron chi connectivity index (χ0n) is 30.7. The van der Waals surface area contributed by atoms with E-state index in [2.05, 4.69) is 0 Å². The molecule has 292 valence electrons. The minimum atomic E-state index is -2.27. The molecule has 3 aliphatic heterocycles. The second-order valence-electron chi connectivity index (χ2n) is 14.4. The van der Waals surface area contributed by atoms with Gasteiger partial charge in [0.05, 0.1) is 30.8 Å². The van der Waals surface area contributed by atoms with E-state index in [9.17, 15) is 34.2 Å². The van der Waals surface area contributed by atoms with Crippen LogP contribution in [-0.2, 0) is 42.9 Å². The van der Waals surface area contributed by atoms with Crippen molar-refractivity contribution in [3.8, 4) is 0 Å². The van der Waals surface area contributed by atoms with E-state index in [1.807, 2.05) is 53.6 Å². The van der Waals surface area contributed by atoms with Crippen LogP contribution in [0, 0.1) is 23.7 Å². The lowest BCUT2D eigenvalue weighted by Crippen LogP contribution is -2.56. The number of hydrogen-bond acceptors (Lipinski definition) is 14. The molecule has 15 atom stereocenters. The predicted molar refractivity (Wildman–Crippen MR) is 179 cm³/mol. The van der Waals surface area contributed by atoms with Crippen molar-refractivity contribution in [3.05, 3.63) is 12.2 Å². The fourth-order valence-corrected chi connectivity index (χ4v) is 6.77. The third-order valence-corrected chi connectivity index (χ3v) is 10.1. The lowest BCUT2D eigenvalue weighted by atomic mass is 9.79. The number of cyclic esters (lactones) is 1. The number of aliphatic hydroxyl groups is 4. The Kier molecular flexibility index (Phi) is 16.8. The molecule has 2 fully saturated rings. The number of hydrogen-bond donors (Lipinski definition) is 6. The highest BCUT2D eigenvalue weighted by molar-refractivity contribution is 5.91. The highest BCUT2D eigenvalue weighted by atomic mass is 16.7. The molecule has 51 heavy (non-hydrogen) atoms. The zero-order chi connectivity index (χ0) is 39.0. The van der Waals surface area contributed by atoms with Gasteiger partial charge in [-0.1, -0.05) is 27.7 Å². The molecule has 2 saturated heterocycles. The first-order valence-electron chi connectivity index (χ1n) is 17.4. The van der Waals surface area contributed by atoms with Crippen molar-refractivity contribution in [1.29, 1.82) is 0 Å². The lowest BCUT2D eigenvalue weighted by Gasteiger charge is -2.44.